The molecular formula is C17H26N2O. The summed E-state index contributed by atoms with van der Waals surface area (Å²) in [5, 5.41) is 3.38. The first-order valence-corrected chi connectivity index (χ1v) is 7.83. The minimum Gasteiger partial charge on any atom is -0.487 e. The lowest BCUT2D eigenvalue weighted by Crippen LogP contribution is -2.57. The molecule has 0 unspecified atom stereocenters. The van der Waals surface area contributed by atoms with Crippen molar-refractivity contribution in [1.29, 1.82) is 0 Å². The Labute approximate surface area is 122 Å². The molecule has 0 aromatic heterocycles. The molecule has 0 radical (unpaired) electrons. The monoisotopic (exact) mass is 274 g/mol. The average molecular weight is 274 g/mol. The zero-order valence-corrected chi connectivity index (χ0v) is 12.9. The molecule has 1 saturated heterocycles. The van der Waals surface area contributed by atoms with Crippen LogP contribution in [0.3, 0.4) is 0 Å². The number of nitrogens with zero attached hydrogens (tertiary/aromatic N) is 1. The minimum atomic E-state index is -0.0496. The second-order valence-electron chi connectivity index (χ2n) is 6.73. The Kier molecular flexibility index (Phi) is 3.74. The largest absolute Gasteiger partial charge is 0.487 e. The number of rotatable bonds is 5. The van der Waals surface area contributed by atoms with Gasteiger partial charge in [-0.3, -0.25) is 4.90 Å². The summed E-state index contributed by atoms with van der Waals surface area (Å²) in [6.45, 7) is 11.0. The molecule has 0 aliphatic carbocycles. The normalized spacial score (nSPS) is 20.6. The summed E-state index contributed by atoms with van der Waals surface area (Å²) in [4.78, 5) is 2.60. The summed E-state index contributed by atoms with van der Waals surface area (Å²) in [5.74, 6) is 1.14. The highest BCUT2D eigenvalue weighted by Gasteiger charge is 2.32. The first-order valence-electron chi connectivity index (χ1n) is 7.83. The maximum absolute atomic E-state index is 6.19. The van der Waals surface area contributed by atoms with Gasteiger partial charge in [-0.25, -0.2) is 0 Å². The van der Waals surface area contributed by atoms with Crippen molar-refractivity contribution in [2.45, 2.75) is 51.8 Å². The number of benzene rings is 1. The fourth-order valence-electron chi connectivity index (χ4n) is 3.23. The molecule has 1 aromatic carbocycles. The maximum Gasteiger partial charge on any atom is 0.127 e. The van der Waals surface area contributed by atoms with Gasteiger partial charge in [-0.1, -0.05) is 25.1 Å². The average Bonchev–Trinajstić information content (AvgIpc) is 2.62. The van der Waals surface area contributed by atoms with Crippen LogP contribution in [-0.2, 0) is 13.0 Å². The van der Waals surface area contributed by atoms with Crippen molar-refractivity contribution in [2.24, 2.45) is 0 Å². The predicted octanol–water partition coefficient (Wildman–Crippen LogP) is 2.58. The highest BCUT2D eigenvalue weighted by Crippen LogP contribution is 2.38. The molecule has 0 bridgehead atoms. The first kappa shape index (κ1) is 13.9. The number of hydrogen-bond acceptors (Lipinski definition) is 3. The summed E-state index contributed by atoms with van der Waals surface area (Å²) in [6, 6.07) is 7.32. The zero-order valence-electron chi connectivity index (χ0n) is 12.9. The van der Waals surface area contributed by atoms with Crippen molar-refractivity contribution in [1.82, 2.24) is 10.2 Å². The van der Waals surface area contributed by atoms with E-state index in [1.54, 1.807) is 0 Å². The van der Waals surface area contributed by atoms with Gasteiger partial charge in [0.2, 0.25) is 0 Å². The highest BCUT2D eigenvalue weighted by molar-refractivity contribution is 5.45. The van der Waals surface area contributed by atoms with Gasteiger partial charge in [0.05, 0.1) is 0 Å². The molecule has 20 heavy (non-hydrogen) atoms. The molecule has 3 heteroatoms. The Morgan fingerprint density at radius 1 is 1.35 bits per heavy atom. The van der Waals surface area contributed by atoms with E-state index >= 15 is 0 Å². The summed E-state index contributed by atoms with van der Waals surface area (Å²) < 4.78 is 6.19. The van der Waals surface area contributed by atoms with Crippen molar-refractivity contribution < 1.29 is 4.74 Å². The number of fused-ring (bicyclic) bond motifs is 1. The molecule has 2 aliphatic rings. The molecule has 1 N–H and O–H groups in total. The van der Waals surface area contributed by atoms with E-state index in [1.807, 2.05) is 0 Å². The van der Waals surface area contributed by atoms with E-state index in [-0.39, 0.29) is 5.60 Å². The molecule has 110 valence electrons. The Morgan fingerprint density at radius 3 is 2.80 bits per heavy atom. The van der Waals surface area contributed by atoms with E-state index in [0.717, 1.165) is 31.8 Å². The van der Waals surface area contributed by atoms with E-state index in [9.17, 15) is 0 Å². The summed E-state index contributed by atoms with van der Waals surface area (Å²) in [6.07, 6.45) is 2.23. The first-order chi connectivity index (χ1) is 9.59. The molecule has 2 heterocycles. The molecule has 0 spiro atoms. The van der Waals surface area contributed by atoms with Crippen LogP contribution in [0.5, 0.6) is 5.75 Å². The standard InChI is InChI=1S/C17H26N2O/c1-4-8-19(15-10-18-11-15)12-14-7-5-6-13-9-17(2,3)20-16(13)14/h5-7,15,18H,4,8-12H2,1-3H3. The lowest BCUT2D eigenvalue weighted by molar-refractivity contribution is 0.122. The summed E-state index contributed by atoms with van der Waals surface area (Å²) in [7, 11) is 0. The second kappa shape index (κ2) is 5.38. The molecule has 0 atom stereocenters. The molecule has 2 aliphatic heterocycles. The van der Waals surface area contributed by atoms with E-state index in [0.29, 0.717) is 6.04 Å². The number of hydrogen-bond donors (Lipinski definition) is 1. The quantitative estimate of drug-likeness (QED) is 0.893. The second-order valence-corrected chi connectivity index (χ2v) is 6.73. The van der Waals surface area contributed by atoms with Crippen molar-refractivity contribution >= 4 is 0 Å². The Morgan fingerprint density at radius 2 is 2.15 bits per heavy atom. The lowest BCUT2D eigenvalue weighted by Gasteiger charge is -2.38. The zero-order chi connectivity index (χ0) is 14.2. The Bertz CT molecular complexity index is 480. The van der Waals surface area contributed by atoms with Crippen LogP contribution >= 0.6 is 0 Å². The van der Waals surface area contributed by atoms with Gasteiger partial charge in [0.15, 0.2) is 0 Å². The third-order valence-electron chi connectivity index (χ3n) is 4.33. The van der Waals surface area contributed by atoms with Gasteiger partial charge in [0.1, 0.15) is 11.4 Å². The van der Waals surface area contributed by atoms with E-state index in [1.165, 1.54) is 24.1 Å². The van der Waals surface area contributed by atoms with Crippen LogP contribution < -0.4 is 10.1 Å². The van der Waals surface area contributed by atoms with Crippen molar-refractivity contribution in [3.8, 4) is 5.75 Å². The summed E-state index contributed by atoms with van der Waals surface area (Å²) in [5.41, 5.74) is 2.68. The topological polar surface area (TPSA) is 24.5 Å². The van der Waals surface area contributed by atoms with E-state index in [4.69, 9.17) is 4.74 Å². The van der Waals surface area contributed by atoms with Crippen LogP contribution in [-0.4, -0.2) is 36.2 Å². The van der Waals surface area contributed by atoms with Gasteiger partial charge in [-0.15, -0.1) is 0 Å². The number of para-hydroxylation sites is 1. The predicted molar refractivity (Wildman–Crippen MR) is 82.2 cm³/mol. The molecule has 0 amide bonds. The molecule has 1 aromatic rings. The third kappa shape index (κ3) is 2.70. The van der Waals surface area contributed by atoms with Crippen molar-refractivity contribution in [3.05, 3.63) is 29.3 Å². The molecular weight excluding hydrogens is 248 g/mol. The van der Waals surface area contributed by atoms with Gasteiger partial charge in [-0.05, 0) is 32.4 Å². The molecule has 3 rings (SSSR count). The van der Waals surface area contributed by atoms with Gasteiger partial charge in [-0.2, -0.15) is 0 Å². The van der Waals surface area contributed by atoms with E-state index in [2.05, 4.69) is 49.2 Å². The van der Waals surface area contributed by atoms with Crippen LogP contribution in [0.4, 0.5) is 0 Å². The molecule has 0 saturated carbocycles. The van der Waals surface area contributed by atoms with Crippen molar-refractivity contribution in [2.75, 3.05) is 19.6 Å². The van der Waals surface area contributed by atoms with Crippen LogP contribution in [0.25, 0.3) is 0 Å². The van der Waals surface area contributed by atoms with Gasteiger partial charge >= 0.3 is 0 Å². The highest BCUT2D eigenvalue weighted by atomic mass is 16.5. The maximum atomic E-state index is 6.19. The van der Waals surface area contributed by atoms with E-state index < -0.39 is 0 Å². The Balaban J connectivity index is 1.79. The SMILES string of the molecule is CCCN(Cc1cccc2c1OC(C)(C)C2)C1CNC1. The van der Waals surface area contributed by atoms with Crippen LogP contribution in [0, 0.1) is 0 Å². The fourth-order valence-corrected chi connectivity index (χ4v) is 3.23. The van der Waals surface area contributed by atoms with Crippen LogP contribution in [0.15, 0.2) is 18.2 Å². The third-order valence-corrected chi connectivity index (χ3v) is 4.33. The fraction of sp³-hybridized carbons (Fsp3) is 0.647. The molecule has 1 fully saturated rings. The lowest BCUT2D eigenvalue weighted by atomic mass is 10.00. The number of ether oxygens (including phenoxy) is 1. The van der Waals surface area contributed by atoms with Gasteiger partial charge < -0.3 is 10.1 Å². The van der Waals surface area contributed by atoms with Crippen molar-refractivity contribution in [3.63, 3.8) is 0 Å². The van der Waals surface area contributed by atoms with Crippen LogP contribution in [0.1, 0.15) is 38.3 Å². The van der Waals surface area contributed by atoms with Crippen LogP contribution in [0.2, 0.25) is 0 Å². The molecule has 3 nitrogen and oxygen atoms in total. The summed E-state index contributed by atoms with van der Waals surface area (Å²) >= 11 is 0. The number of nitrogens with one attached hydrogen (secondary N) is 1. The van der Waals surface area contributed by atoms with Gasteiger partial charge in [0.25, 0.3) is 0 Å². The smallest absolute Gasteiger partial charge is 0.127 e. The minimum absolute atomic E-state index is 0.0496. The van der Waals surface area contributed by atoms with Gasteiger partial charge in [0, 0.05) is 37.7 Å². The Hall–Kier alpha value is -1.06.